The fourth-order valence-electron chi connectivity index (χ4n) is 5.83. The smallest absolute Gasteiger partial charge is 0.377 e. The zero-order valence-corrected chi connectivity index (χ0v) is 21.2. The molecule has 0 unspecified atom stereocenters. The van der Waals surface area contributed by atoms with Gasteiger partial charge in [-0.25, -0.2) is 4.39 Å². The highest BCUT2D eigenvalue weighted by atomic mass is 19.4. The van der Waals surface area contributed by atoms with Gasteiger partial charge in [0, 0.05) is 18.4 Å². The van der Waals surface area contributed by atoms with E-state index in [1.807, 2.05) is 0 Å². The molecule has 1 saturated carbocycles. The molecular weight excluding hydrogens is 529 g/mol. The molecule has 214 valence electrons. The van der Waals surface area contributed by atoms with Crippen LogP contribution in [-0.4, -0.2) is 43.2 Å². The highest BCUT2D eigenvalue weighted by Crippen LogP contribution is 2.43. The van der Waals surface area contributed by atoms with E-state index in [1.54, 1.807) is 12.1 Å². The third-order valence-electron chi connectivity index (χ3n) is 7.84. The zero-order chi connectivity index (χ0) is 28.4. The van der Waals surface area contributed by atoms with Gasteiger partial charge in [0.15, 0.2) is 0 Å². The second-order valence-electron chi connectivity index (χ2n) is 10.5. The van der Waals surface area contributed by atoms with Crippen molar-refractivity contribution in [2.45, 2.75) is 56.5 Å². The van der Waals surface area contributed by atoms with E-state index >= 15 is 0 Å². The number of hydrogen-bond acceptors (Lipinski definition) is 3. The summed E-state index contributed by atoms with van der Waals surface area (Å²) >= 11 is 0. The van der Waals surface area contributed by atoms with Crippen LogP contribution in [0.4, 0.5) is 30.7 Å². The molecule has 0 radical (unpaired) electrons. The lowest BCUT2D eigenvalue weighted by molar-refractivity contribution is -0.143. The van der Waals surface area contributed by atoms with Crippen LogP contribution >= 0.6 is 0 Å². The van der Waals surface area contributed by atoms with Crippen LogP contribution < -0.4 is 5.73 Å². The summed E-state index contributed by atoms with van der Waals surface area (Å²) in [6.07, 6.45) is -7.45. The van der Waals surface area contributed by atoms with Crippen LogP contribution in [0.5, 0.6) is 0 Å². The first-order chi connectivity index (χ1) is 18.3. The molecule has 3 atom stereocenters. The number of benzene rings is 2. The number of rotatable bonds is 8. The van der Waals surface area contributed by atoms with E-state index in [9.17, 15) is 35.5 Å². The zero-order valence-electron chi connectivity index (χ0n) is 21.2. The highest BCUT2D eigenvalue weighted by molar-refractivity contribution is 5.76. The molecule has 4 nitrogen and oxygen atoms in total. The Hall–Kier alpha value is -2.66. The molecule has 2 fully saturated rings. The number of likely N-dealkylation sites (tertiary alicyclic amines) is 1. The summed E-state index contributed by atoms with van der Waals surface area (Å²) < 4.78 is 99.0. The van der Waals surface area contributed by atoms with Crippen molar-refractivity contribution in [1.29, 1.82) is 0 Å². The molecular formula is C28H31F7N2O2. The Kier molecular flexibility index (Phi) is 8.90. The molecule has 2 N–H and O–H groups in total. The second kappa shape index (κ2) is 11.8. The van der Waals surface area contributed by atoms with Crippen molar-refractivity contribution in [2.75, 3.05) is 26.2 Å². The standard InChI is InChI=1S/C28H31F7N2O2/c29-23-4-1-18(2-5-23)25-20(16-37-10-7-19(8-11-37)26(36)38)3-6-24(25)39-12-9-17-13-21(27(30,31)32)15-22(14-17)28(33,34)35/h1-2,4-5,13-15,19-20,24-25H,3,6-12,16H2,(H2,36,38)/t20-,24+,25-/m1/s1. The van der Waals surface area contributed by atoms with Crippen LogP contribution in [0.3, 0.4) is 0 Å². The Morgan fingerprint density at radius 2 is 1.49 bits per heavy atom. The van der Waals surface area contributed by atoms with Crippen molar-refractivity contribution < 1.29 is 40.3 Å². The van der Waals surface area contributed by atoms with Crippen molar-refractivity contribution in [1.82, 2.24) is 4.90 Å². The van der Waals surface area contributed by atoms with Crippen LogP contribution in [0.25, 0.3) is 0 Å². The molecule has 39 heavy (non-hydrogen) atoms. The van der Waals surface area contributed by atoms with Crippen LogP contribution in [0, 0.1) is 17.7 Å². The van der Waals surface area contributed by atoms with Gasteiger partial charge >= 0.3 is 12.4 Å². The van der Waals surface area contributed by atoms with Crippen molar-refractivity contribution in [3.8, 4) is 0 Å². The van der Waals surface area contributed by atoms with Gasteiger partial charge in [-0.2, -0.15) is 26.3 Å². The van der Waals surface area contributed by atoms with Crippen molar-refractivity contribution >= 4 is 5.91 Å². The molecule has 2 aliphatic rings. The molecule has 2 aromatic rings. The summed E-state index contributed by atoms with van der Waals surface area (Å²) in [5.74, 6) is -0.786. The van der Waals surface area contributed by atoms with Gasteiger partial charge < -0.3 is 15.4 Å². The number of nitrogens with two attached hydrogens (primary N) is 1. The maximum Gasteiger partial charge on any atom is 0.416 e. The normalized spacial score (nSPS) is 23.3. The molecule has 0 bridgehead atoms. The van der Waals surface area contributed by atoms with Gasteiger partial charge in [-0.15, -0.1) is 0 Å². The molecule has 0 spiro atoms. The minimum Gasteiger partial charge on any atom is -0.377 e. The van der Waals surface area contributed by atoms with Crippen LogP contribution in [-0.2, 0) is 28.3 Å². The first-order valence-electron chi connectivity index (χ1n) is 13.0. The number of halogens is 7. The molecule has 1 saturated heterocycles. The highest BCUT2D eigenvalue weighted by Gasteiger charge is 2.40. The molecule has 0 aromatic heterocycles. The summed E-state index contributed by atoms with van der Waals surface area (Å²) in [6.45, 7) is 2.12. The topological polar surface area (TPSA) is 55.6 Å². The molecule has 1 amide bonds. The molecule has 4 rings (SSSR count). The number of primary amides is 1. The largest absolute Gasteiger partial charge is 0.416 e. The Bertz CT molecular complexity index is 1090. The average Bonchev–Trinajstić information content (AvgIpc) is 3.25. The number of nitrogens with zero attached hydrogens (tertiary/aromatic N) is 1. The van der Waals surface area contributed by atoms with Gasteiger partial charge in [0.2, 0.25) is 5.91 Å². The summed E-state index contributed by atoms with van der Waals surface area (Å²) in [7, 11) is 0. The number of hydrogen-bond donors (Lipinski definition) is 1. The third kappa shape index (κ3) is 7.51. The number of piperidine rings is 1. The number of amides is 1. The van der Waals surface area contributed by atoms with Gasteiger partial charge in [0.05, 0.1) is 23.8 Å². The molecule has 2 aromatic carbocycles. The van der Waals surface area contributed by atoms with E-state index in [4.69, 9.17) is 10.5 Å². The second-order valence-corrected chi connectivity index (χ2v) is 10.5. The summed E-state index contributed by atoms with van der Waals surface area (Å²) in [5.41, 5.74) is 3.50. The van der Waals surface area contributed by atoms with Crippen molar-refractivity contribution in [3.63, 3.8) is 0 Å². The summed E-state index contributed by atoms with van der Waals surface area (Å²) in [4.78, 5) is 13.8. The Balaban J connectivity index is 1.45. The Morgan fingerprint density at radius 1 is 0.897 bits per heavy atom. The van der Waals surface area contributed by atoms with E-state index in [-0.39, 0.29) is 60.2 Å². The Morgan fingerprint density at radius 3 is 2.03 bits per heavy atom. The first-order valence-corrected chi connectivity index (χ1v) is 13.0. The monoisotopic (exact) mass is 560 g/mol. The maximum atomic E-state index is 13.6. The lowest BCUT2D eigenvalue weighted by atomic mass is 9.86. The fourth-order valence-corrected chi connectivity index (χ4v) is 5.83. The van der Waals surface area contributed by atoms with Gasteiger partial charge in [-0.1, -0.05) is 12.1 Å². The van der Waals surface area contributed by atoms with Crippen molar-refractivity contribution in [3.05, 3.63) is 70.5 Å². The van der Waals surface area contributed by atoms with Gasteiger partial charge in [-0.3, -0.25) is 4.79 Å². The van der Waals surface area contributed by atoms with E-state index in [1.165, 1.54) is 12.1 Å². The Labute approximate surface area is 222 Å². The minimum absolute atomic E-state index is 0.0578. The van der Waals surface area contributed by atoms with E-state index in [0.29, 0.717) is 19.3 Å². The first kappa shape index (κ1) is 29.3. The lowest BCUT2D eigenvalue weighted by Gasteiger charge is -2.34. The number of alkyl halides is 6. The van der Waals surface area contributed by atoms with Crippen LogP contribution in [0.15, 0.2) is 42.5 Å². The molecule has 11 heteroatoms. The van der Waals surface area contributed by atoms with E-state index in [2.05, 4.69) is 4.90 Å². The van der Waals surface area contributed by atoms with Crippen molar-refractivity contribution in [2.24, 2.45) is 17.6 Å². The molecule has 1 heterocycles. The molecule has 1 aliphatic carbocycles. The van der Waals surface area contributed by atoms with Gasteiger partial charge in [-0.05, 0) is 92.6 Å². The van der Waals surface area contributed by atoms with Gasteiger partial charge in [0.1, 0.15) is 5.82 Å². The van der Waals surface area contributed by atoms with E-state index < -0.39 is 23.5 Å². The predicted octanol–water partition coefficient (Wildman–Crippen LogP) is 6.18. The lowest BCUT2D eigenvalue weighted by Crippen LogP contribution is -2.41. The van der Waals surface area contributed by atoms with Gasteiger partial charge in [0.25, 0.3) is 0 Å². The number of ether oxygens (including phenoxy) is 1. The summed E-state index contributed by atoms with van der Waals surface area (Å²) in [5, 5.41) is 0. The van der Waals surface area contributed by atoms with Crippen LogP contribution in [0.1, 0.15) is 53.9 Å². The van der Waals surface area contributed by atoms with E-state index in [0.717, 1.165) is 43.8 Å². The molecule has 1 aliphatic heterocycles. The quantitative estimate of drug-likeness (QED) is 0.393. The number of carbonyl (C=O) groups is 1. The maximum absolute atomic E-state index is 13.6. The third-order valence-corrected chi connectivity index (χ3v) is 7.84. The average molecular weight is 561 g/mol. The van der Waals surface area contributed by atoms with Crippen LogP contribution in [0.2, 0.25) is 0 Å². The summed E-state index contributed by atoms with van der Waals surface area (Å²) in [6, 6.07) is 7.67. The SMILES string of the molecule is NC(=O)C1CCN(C[C@H]2CC[C@H](OCCc3cc(C(F)(F)F)cc(C(F)(F)F)c3)[C@@H]2c2ccc(F)cc2)CC1. The predicted molar refractivity (Wildman–Crippen MR) is 130 cm³/mol. The fraction of sp³-hybridized carbons (Fsp3) is 0.536. The number of carbonyl (C=O) groups excluding carboxylic acids is 1. The minimum atomic E-state index is -4.91.